The second-order valence-corrected chi connectivity index (χ2v) is 21.8. The van der Waals surface area contributed by atoms with Gasteiger partial charge in [-0.05, 0) is 32.4 Å². The molecule has 0 radical (unpaired) electrons. The summed E-state index contributed by atoms with van der Waals surface area (Å²) in [5.74, 6) is 0. The molecule has 0 aromatic heterocycles. The van der Waals surface area contributed by atoms with E-state index in [2.05, 4.69) is 40.0 Å². The molecular weight excluding hydrogens is 228 g/mol. The molecule has 16 heavy (non-hydrogen) atoms. The van der Waals surface area contributed by atoms with E-state index in [4.69, 9.17) is 4.43 Å². The van der Waals surface area contributed by atoms with Gasteiger partial charge in [0.2, 0.25) is 0 Å². The summed E-state index contributed by atoms with van der Waals surface area (Å²) in [6.45, 7) is 14.6. The molecule has 0 saturated carbocycles. The first-order valence-corrected chi connectivity index (χ1v) is 14.1. The highest BCUT2D eigenvalue weighted by Gasteiger charge is 2.52. The van der Waals surface area contributed by atoms with Gasteiger partial charge in [0.05, 0.1) is 13.2 Å². The first-order valence-electron chi connectivity index (χ1n) is 6.99. The zero-order valence-electron chi connectivity index (χ0n) is 12.2. The van der Waals surface area contributed by atoms with Crippen molar-refractivity contribution < 1.29 is 4.43 Å². The third-order valence-corrected chi connectivity index (χ3v) is 21.3. The molecular formula is C13H30OSi2. The summed E-state index contributed by atoms with van der Waals surface area (Å²) in [6.07, 6.45) is 6.44. The van der Waals surface area contributed by atoms with Crippen molar-refractivity contribution >= 4 is 15.4 Å². The lowest BCUT2D eigenvalue weighted by molar-refractivity contribution is 0.0337. The van der Waals surface area contributed by atoms with Crippen molar-refractivity contribution in [2.75, 3.05) is 0 Å². The largest absolute Gasteiger partial charge is 0.415 e. The molecule has 0 spiro atoms. The number of rotatable bonds is 4. The quantitative estimate of drug-likeness (QED) is 0.662. The first-order chi connectivity index (χ1) is 7.29. The summed E-state index contributed by atoms with van der Waals surface area (Å²) in [4.78, 5) is 0. The Balaban J connectivity index is 2.84. The van der Waals surface area contributed by atoms with Gasteiger partial charge in [0, 0.05) is 0 Å². The van der Waals surface area contributed by atoms with Gasteiger partial charge >= 0.3 is 0 Å². The van der Waals surface area contributed by atoms with Crippen molar-refractivity contribution in [3.8, 4) is 0 Å². The van der Waals surface area contributed by atoms with Gasteiger partial charge in [-0.25, -0.2) is 0 Å². The van der Waals surface area contributed by atoms with E-state index in [9.17, 15) is 0 Å². The molecule has 0 aliphatic carbocycles. The maximum absolute atomic E-state index is 6.76. The standard InChI is InChI=1S/C13H30OSi2/c1-7-9-13(10-8-2)11-12-15(3,4)16(5,6)14-13/h7-12H2,1-6H3. The van der Waals surface area contributed by atoms with Gasteiger partial charge in [0.15, 0.2) is 7.83 Å². The Hall–Kier alpha value is 0.394. The van der Waals surface area contributed by atoms with Gasteiger partial charge < -0.3 is 4.43 Å². The van der Waals surface area contributed by atoms with E-state index in [1.54, 1.807) is 0 Å². The lowest BCUT2D eigenvalue weighted by Gasteiger charge is -2.52. The summed E-state index contributed by atoms with van der Waals surface area (Å²) in [7, 11) is -2.44. The minimum Gasteiger partial charge on any atom is -0.415 e. The summed E-state index contributed by atoms with van der Waals surface area (Å²) in [5, 5.41) is 0. The van der Waals surface area contributed by atoms with Crippen LogP contribution < -0.4 is 0 Å². The van der Waals surface area contributed by atoms with Crippen molar-refractivity contribution in [1.82, 2.24) is 0 Å². The molecule has 1 rings (SSSR count). The highest BCUT2D eigenvalue weighted by Crippen LogP contribution is 2.43. The predicted octanol–water partition coefficient (Wildman–Crippen LogP) is 4.74. The predicted molar refractivity (Wildman–Crippen MR) is 78.0 cm³/mol. The third kappa shape index (κ3) is 2.80. The molecule has 1 aliphatic heterocycles. The monoisotopic (exact) mass is 258 g/mol. The zero-order valence-corrected chi connectivity index (χ0v) is 14.2. The topological polar surface area (TPSA) is 9.23 Å². The smallest absolute Gasteiger partial charge is 0.174 e. The SMILES string of the molecule is CCCC1(CCC)CC[Si](C)(C)[Si](C)(C)O1. The molecule has 1 heterocycles. The van der Waals surface area contributed by atoms with Crippen LogP contribution >= 0.6 is 0 Å². The first kappa shape index (κ1) is 14.5. The fourth-order valence-electron chi connectivity index (χ4n) is 2.96. The Bertz CT molecular complexity index is 230. The molecule has 0 unspecified atom stereocenters. The minimum absolute atomic E-state index is 0.266. The van der Waals surface area contributed by atoms with Gasteiger partial charge in [0.1, 0.15) is 0 Å². The highest BCUT2D eigenvalue weighted by molar-refractivity contribution is 7.38. The molecule has 1 nitrogen and oxygen atoms in total. The average molecular weight is 259 g/mol. The highest BCUT2D eigenvalue weighted by atomic mass is 29.3. The van der Waals surface area contributed by atoms with Gasteiger partial charge in [-0.15, -0.1) is 0 Å². The summed E-state index contributed by atoms with van der Waals surface area (Å²) < 4.78 is 6.76. The van der Waals surface area contributed by atoms with Gasteiger partial charge in [0.25, 0.3) is 0 Å². The van der Waals surface area contributed by atoms with E-state index in [1.807, 2.05) is 0 Å². The molecule has 1 fully saturated rings. The van der Waals surface area contributed by atoms with Crippen LogP contribution in [0.15, 0.2) is 0 Å². The van der Waals surface area contributed by atoms with Crippen LogP contribution in [0, 0.1) is 0 Å². The molecule has 1 aliphatic rings. The van der Waals surface area contributed by atoms with Crippen LogP contribution in [0.3, 0.4) is 0 Å². The van der Waals surface area contributed by atoms with Crippen molar-refractivity contribution in [2.45, 2.75) is 83.8 Å². The van der Waals surface area contributed by atoms with E-state index in [1.165, 1.54) is 38.1 Å². The van der Waals surface area contributed by atoms with Crippen LogP contribution in [0.25, 0.3) is 0 Å². The second kappa shape index (κ2) is 4.95. The van der Waals surface area contributed by atoms with E-state index in [0.717, 1.165) is 0 Å². The van der Waals surface area contributed by atoms with Crippen molar-refractivity contribution in [2.24, 2.45) is 0 Å². The normalized spacial score (nSPS) is 26.6. The van der Waals surface area contributed by atoms with Crippen LogP contribution in [0.2, 0.25) is 32.2 Å². The maximum atomic E-state index is 6.76. The molecule has 3 heteroatoms. The van der Waals surface area contributed by atoms with Gasteiger partial charge in [-0.2, -0.15) is 0 Å². The Morgan fingerprint density at radius 3 is 1.88 bits per heavy atom. The Morgan fingerprint density at radius 1 is 1.00 bits per heavy atom. The second-order valence-electron chi connectivity index (χ2n) is 6.68. The summed E-state index contributed by atoms with van der Waals surface area (Å²) in [6, 6.07) is 1.49. The van der Waals surface area contributed by atoms with E-state index in [-0.39, 0.29) is 5.60 Å². The minimum atomic E-state index is -1.39. The third-order valence-electron chi connectivity index (χ3n) is 4.72. The van der Waals surface area contributed by atoms with E-state index >= 15 is 0 Å². The number of hydrogen-bond donors (Lipinski definition) is 0. The number of hydrogen-bond acceptors (Lipinski definition) is 1. The molecule has 0 aromatic carbocycles. The Morgan fingerprint density at radius 2 is 1.50 bits per heavy atom. The Labute approximate surface area is 104 Å². The Kier molecular flexibility index (Phi) is 4.47. The maximum Gasteiger partial charge on any atom is 0.174 e. The van der Waals surface area contributed by atoms with E-state index in [0.29, 0.717) is 0 Å². The van der Waals surface area contributed by atoms with Crippen LogP contribution in [0.5, 0.6) is 0 Å². The lowest BCUT2D eigenvalue weighted by atomic mass is 9.90. The molecule has 0 amide bonds. The molecule has 0 aromatic rings. The average Bonchev–Trinajstić information content (AvgIpc) is 2.13. The summed E-state index contributed by atoms with van der Waals surface area (Å²) >= 11 is 0. The molecule has 0 bridgehead atoms. The zero-order chi connectivity index (χ0) is 12.4. The lowest BCUT2D eigenvalue weighted by Crippen LogP contribution is -2.65. The molecule has 0 N–H and O–H groups in total. The fourth-order valence-corrected chi connectivity index (χ4v) is 9.97. The van der Waals surface area contributed by atoms with Crippen molar-refractivity contribution in [3.05, 3.63) is 0 Å². The van der Waals surface area contributed by atoms with Gasteiger partial charge in [-0.3, -0.25) is 0 Å². The molecule has 96 valence electrons. The van der Waals surface area contributed by atoms with Crippen LogP contribution in [0.1, 0.15) is 46.0 Å². The van der Waals surface area contributed by atoms with Crippen molar-refractivity contribution in [1.29, 1.82) is 0 Å². The molecule has 0 atom stereocenters. The summed E-state index contributed by atoms with van der Waals surface area (Å²) in [5.41, 5.74) is 0.266. The van der Waals surface area contributed by atoms with Crippen molar-refractivity contribution in [3.63, 3.8) is 0 Å². The van der Waals surface area contributed by atoms with Crippen LogP contribution in [-0.4, -0.2) is 21.0 Å². The molecule has 1 saturated heterocycles. The fraction of sp³-hybridized carbons (Fsp3) is 1.00. The van der Waals surface area contributed by atoms with Crippen LogP contribution in [-0.2, 0) is 4.43 Å². The van der Waals surface area contributed by atoms with Gasteiger partial charge in [-0.1, -0.05) is 45.8 Å². The van der Waals surface area contributed by atoms with E-state index < -0.39 is 15.4 Å². The van der Waals surface area contributed by atoms with Crippen LogP contribution in [0.4, 0.5) is 0 Å².